The number of imide groups is 2. The van der Waals surface area contributed by atoms with Crippen LogP contribution in [0.2, 0.25) is 39.3 Å². The first-order valence-corrected chi connectivity index (χ1v) is 15.5. The molecule has 0 saturated carbocycles. The molecule has 0 radical (unpaired) electrons. The van der Waals surface area contributed by atoms with Crippen molar-refractivity contribution in [2.24, 2.45) is 5.41 Å². The van der Waals surface area contributed by atoms with Crippen molar-refractivity contribution in [2.75, 3.05) is 0 Å². The molecular weight excluding hydrogens is 324 g/mol. The molecule has 0 aromatic carbocycles. The second-order valence-corrected chi connectivity index (χ2v) is 18.0. The van der Waals surface area contributed by atoms with Gasteiger partial charge in [-0.05, 0) is 12.8 Å². The molecular formula is C16H32N2O3Si2. The van der Waals surface area contributed by atoms with E-state index in [0.717, 1.165) is 12.8 Å². The molecule has 1 rings (SSSR count). The fraction of sp³-hybridized carbons (Fsp3) is 0.812. The summed E-state index contributed by atoms with van der Waals surface area (Å²) in [6, 6.07) is -0.376. The highest BCUT2D eigenvalue weighted by Crippen LogP contribution is 2.41. The fourth-order valence-electron chi connectivity index (χ4n) is 3.15. The van der Waals surface area contributed by atoms with Crippen molar-refractivity contribution < 1.29 is 14.4 Å². The van der Waals surface area contributed by atoms with Crippen molar-refractivity contribution in [1.82, 2.24) is 9.13 Å². The number of amides is 4. The summed E-state index contributed by atoms with van der Waals surface area (Å²) >= 11 is 0. The maximum absolute atomic E-state index is 13.2. The van der Waals surface area contributed by atoms with Crippen LogP contribution in [0.15, 0.2) is 0 Å². The summed E-state index contributed by atoms with van der Waals surface area (Å²) in [7, 11) is -4.43. The van der Waals surface area contributed by atoms with Crippen molar-refractivity contribution in [3.63, 3.8) is 0 Å². The molecule has 1 fully saturated rings. The van der Waals surface area contributed by atoms with E-state index in [2.05, 4.69) is 6.92 Å². The van der Waals surface area contributed by atoms with Gasteiger partial charge in [-0.2, -0.15) is 0 Å². The van der Waals surface area contributed by atoms with Crippen molar-refractivity contribution in [2.45, 2.75) is 78.8 Å². The lowest BCUT2D eigenvalue weighted by molar-refractivity contribution is -0.154. The molecule has 5 nitrogen and oxygen atoms in total. The Morgan fingerprint density at radius 1 is 0.826 bits per heavy atom. The highest BCUT2D eigenvalue weighted by atomic mass is 28.3. The number of barbiturate groups is 1. The van der Waals surface area contributed by atoms with Gasteiger partial charge in [-0.25, -0.2) is 4.79 Å². The molecule has 132 valence electrons. The van der Waals surface area contributed by atoms with Gasteiger partial charge in [0.05, 0.1) is 0 Å². The van der Waals surface area contributed by atoms with E-state index in [1.165, 1.54) is 9.13 Å². The minimum absolute atomic E-state index is 0.253. The molecule has 0 aromatic heterocycles. The highest BCUT2D eigenvalue weighted by molar-refractivity contribution is 6.82. The van der Waals surface area contributed by atoms with Gasteiger partial charge < -0.3 is 0 Å². The molecule has 0 N–H and O–H groups in total. The van der Waals surface area contributed by atoms with Crippen LogP contribution < -0.4 is 0 Å². The number of rotatable bonds is 6. The van der Waals surface area contributed by atoms with Crippen LogP contribution in [0.3, 0.4) is 0 Å². The van der Waals surface area contributed by atoms with Crippen LogP contribution in [0.25, 0.3) is 0 Å². The number of carbonyl (C=O) groups is 3. The van der Waals surface area contributed by atoms with Gasteiger partial charge >= 0.3 is 6.03 Å². The maximum atomic E-state index is 13.2. The van der Waals surface area contributed by atoms with E-state index in [-0.39, 0.29) is 17.8 Å². The Kier molecular flexibility index (Phi) is 5.68. The maximum Gasteiger partial charge on any atom is 0.317 e. The summed E-state index contributed by atoms with van der Waals surface area (Å²) in [6.45, 7) is 15.9. The minimum Gasteiger partial charge on any atom is -0.294 e. The van der Waals surface area contributed by atoms with Crippen LogP contribution in [0.1, 0.15) is 39.5 Å². The average molecular weight is 357 g/mol. The molecule has 23 heavy (non-hydrogen) atoms. The SMILES string of the molecule is CCCCC1(CC)C(=O)N([Si](C)(C)C)C(=O)N([Si](C)(C)C)C1=O. The zero-order chi connectivity index (χ0) is 18.2. The molecule has 4 amide bonds. The van der Waals surface area contributed by atoms with Crippen LogP contribution in [-0.4, -0.2) is 43.4 Å². The Bertz CT molecular complexity index is 470. The molecule has 7 heteroatoms. The molecule has 0 aliphatic carbocycles. The van der Waals surface area contributed by atoms with Crippen molar-refractivity contribution >= 4 is 34.3 Å². The summed E-state index contributed by atoms with van der Waals surface area (Å²) < 4.78 is 2.93. The van der Waals surface area contributed by atoms with E-state index in [1.807, 2.05) is 46.2 Å². The molecule has 1 heterocycles. The molecule has 0 atom stereocenters. The first-order chi connectivity index (χ1) is 10.3. The van der Waals surface area contributed by atoms with Crippen molar-refractivity contribution in [3.05, 3.63) is 0 Å². The lowest BCUT2D eigenvalue weighted by Crippen LogP contribution is -2.74. The summed E-state index contributed by atoms with van der Waals surface area (Å²) in [4.78, 5) is 39.5. The average Bonchev–Trinajstić information content (AvgIpc) is 2.35. The van der Waals surface area contributed by atoms with Gasteiger partial charge in [0.2, 0.25) is 11.8 Å². The second kappa shape index (κ2) is 6.51. The van der Waals surface area contributed by atoms with E-state index in [1.54, 1.807) is 0 Å². The quantitative estimate of drug-likeness (QED) is 0.533. The smallest absolute Gasteiger partial charge is 0.294 e. The summed E-state index contributed by atoms with van der Waals surface area (Å²) in [6.07, 6.45) is 2.74. The Balaban J connectivity index is 3.54. The Morgan fingerprint density at radius 3 is 1.48 bits per heavy atom. The fourth-order valence-corrected chi connectivity index (χ4v) is 6.24. The third kappa shape index (κ3) is 3.45. The molecule has 0 bridgehead atoms. The molecule has 0 aromatic rings. The Labute approximate surface area is 142 Å². The summed E-state index contributed by atoms with van der Waals surface area (Å²) in [5, 5.41) is 0. The van der Waals surface area contributed by atoms with E-state index in [0.29, 0.717) is 12.8 Å². The minimum atomic E-state index is -2.21. The van der Waals surface area contributed by atoms with Crippen LogP contribution in [-0.2, 0) is 9.59 Å². The van der Waals surface area contributed by atoms with Gasteiger partial charge in [0.15, 0.2) is 16.5 Å². The predicted molar refractivity (Wildman–Crippen MR) is 98.0 cm³/mol. The standard InChI is InChI=1S/C16H32N2O3Si2/c1-9-11-12-16(10-2)13(19)17(22(3,4)5)15(21)18(14(16)20)23(6,7)8/h9-12H2,1-8H3. The van der Waals surface area contributed by atoms with Gasteiger partial charge in [-0.15, -0.1) is 0 Å². The van der Waals surface area contributed by atoms with Gasteiger partial charge in [0.25, 0.3) is 0 Å². The van der Waals surface area contributed by atoms with Crippen LogP contribution in [0.4, 0.5) is 4.79 Å². The van der Waals surface area contributed by atoms with Crippen LogP contribution in [0, 0.1) is 5.41 Å². The number of urea groups is 1. The van der Waals surface area contributed by atoms with Crippen molar-refractivity contribution in [3.8, 4) is 0 Å². The number of nitrogens with zero attached hydrogens (tertiary/aromatic N) is 2. The van der Waals surface area contributed by atoms with Gasteiger partial charge in [-0.1, -0.05) is 66.0 Å². The molecule has 1 saturated heterocycles. The highest BCUT2D eigenvalue weighted by Gasteiger charge is 2.60. The van der Waals surface area contributed by atoms with E-state index >= 15 is 0 Å². The van der Waals surface area contributed by atoms with Gasteiger partial charge in [0.1, 0.15) is 5.41 Å². The Morgan fingerprint density at radius 2 is 1.22 bits per heavy atom. The lowest BCUT2D eigenvalue weighted by Gasteiger charge is -2.51. The van der Waals surface area contributed by atoms with Crippen LogP contribution >= 0.6 is 0 Å². The molecule has 1 aliphatic heterocycles. The lowest BCUT2D eigenvalue weighted by atomic mass is 9.77. The number of hydrogen-bond donors (Lipinski definition) is 0. The zero-order valence-corrected chi connectivity index (χ0v) is 17.9. The number of unbranched alkanes of at least 4 members (excludes halogenated alkanes) is 1. The second-order valence-electron chi connectivity index (χ2n) is 8.44. The third-order valence-corrected chi connectivity index (χ3v) is 7.98. The number of hydrogen-bond acceptors (Lipinski definition) is 3. The first kappa shape index (κ1) is 20.1. The molecule has 0 unspecified atom stereocenters. The van der Waals surface area contributed by atoms with E-state index < -0.39 is 21.9 Å². The monoisotopic (exact) mass is 356 g/mol. The van der Waals surface area contributed by atoms with E-state index in [4.69, 9.17) is 0 Å². The first-order valence-electron chi connectivity index (χ1n) is 8.58. The largest absolute Gasteiger partial charge is 0.317 e. The molecule has 1 aliphatic rings. The van der Waals surface area contributed by atoms with E-state index in [9.17, 15) is 14.4 Å². The third-order valence-electron chi connectivity index (χ3n) is 4.51. The number of carbonyl (C=O) groups excluding carboxylic acids is 3. The van der Waals surface area contributed by atoms with Gasteiger partial charge in [0, 0.05) is 0 Å². The summed E-state index contributed by atoms with van der Waals surface area (Å²) in [5.41, 5.74) is -1.05. The van der Waals surface area contributed by atoms with Gasteiger partial charge in [-0.3, -0.25) is 18.7 Å². The predicted octanol–water partition coefficient (Wildman–Crippen LogP) is 4.03. The zero-order valence-electron chi connectivity index (χ0n) is 15.9. The van der Waals surface area contributed by atoms with Crippen LogP contribution in [0.5, 0.6) is 0 Å². The van der Waals surface area contributed by atoms with Crippen molar-refractivity contribution in [1.29, 1.82) is 0 Å². The topological polar surface area (TPSA) is 57.7 Å². The normalized spacial score (nSPS) is 19.6. The molecule has 0 spiro atoms. The summed E-state index contributed by atoms with van der Waals surface area (Å²) in [5.74, 6) is -0.505. The Hall–Kier alpha value is -0.956.